The summed E-state index contributed by atoms with van der Waals surface area (Å²) in [5.41, 5.74) is 3.19. The Kier molecular flexibility index (Phi) is 4.71. The fourth-order valence-corrected chi connectivity index (χ4v) is 2.96. The monoisotopic (exact) mass is 366 g/mol. The van der Waals surface area contributed by atoms with Crippen molar-refractivity contribution < 1.29 is 19.1 Å². The van der Waals surface area contributed by atoms with Gasteiger partial charge in [-0.3, -0.25) is 9.59 Å². The first-order valence-electron chi connectivity index (χ1n) is 9.18. The van der Waals surface area contributed by atoms with Crippen LogP contribution in [0, 0.1) is 6.92 Å². The lowest BCUT2D eigenvalue weighted by molar-refractivity contribution is -0.116. The Morgan fingerprint density at radius 1 is 1.07 bits per heavy atom. The first-order valence-corrected chi connectivity index (χ1v) is 9.18. The average molecular weight is 366 g/mol. The van der Waals surface area contributed by atoms with Gasteiger partial charge in [0.2, 0.25) is 12.7 Å². The molecule has 27 heavy (non-hydrogen) atoms. The Bertz CT molecular complexity index is 890. The zero-order valence-electron chi connectivity index (χ0n) is 15.2. The summed E-state index contributed by atoms with van der Waals surface area (Å²) in [5, 5.41) is 5.89. The quantitative estimate of drug-likeness (QED) is 0.823. The molecule has 6 nitrogen and oxygen atoms in total. The number of carbonyl (C=O) groups excluding carboxylic acids is 2. The van der Waals surface area contributed by atoms with Gasteiger partial charge in [0, 0.05) is 23.7 Å². The van der Waals surface area contributed by atoms with Gasteiger partial charge >= 0.3 is 0 Å². The van der Waals surface area contributed by atoms with Crippen LogP contribution in [0.4, 0.5) is 5.69 Å². The predicted molar refractivity (Wildman–Crippen MR) is 101 cm³/mol. The third kappa shape index (κ3) is 4.22. The standard InChI is InChI=1S/C21H22N2O4/c1-13-2-5-15(21(25)22-16-6-7-16)11-17(13)23-20(24)9-4-14-3-8-18-19(10-14)27-12-26-18/h2-3,5,8,10-11,16H,4,6-7,9,12H2,1H3,(H,22,25)(H,23,24). The van der Waals surface area contributed by atoms with Crippen molar-refractivity contribution in [2.24, 2.45) is 0 Å². The highest BCUT2D eigenvalue weighted by Gasteiger charge is 2.24. The largest absolute Gasteiger partial charge is 0.454 e. The number of carbonyl (C=O) groups is 2. The number of aryl methyl sites for hydroxylation is 2. The van der Waals surface area contributed by atoms with Crippen LogP contribution in [0.15, 0.2) is 36.4 Å². The maximum atomic E-state index is 12.4. The molecule has 6 heteroatoms. The van der Waals surface area contributed by atoms with Crippen LogP contribution in [0.3, 0.4) is 0 Å². The van der Waals surface area contributed by atoms with E-state index in [2.05, 4.69) is 10.6 Å². The highest BCUT2D eigenvalue weighted by Crippen LogP contribution is 2.32. The van der Waals surface area contributed by atoms with Gasteiger partial charge in [0.1, 0.15) is 0 Å². The van der Waals surface area contributed by atoms with Crippen molar-refractivity contribution in [3.05, 3.63) is 53.1 Å². The van der Waals surface area contributed by atoms with Gasteiger partial charge in [0.15, 0.2) is 11.5 Å². The molecule has 0 bridgehead atoms. The van der Waals surface area contributed by atoms with Crippen molar-refractivity contribution in [2.75, 3.05) is 12.1 Å². The third-order valence-electron chi connectivity index (χ3n) is 4.76. The van der Waals surface area contributed by atoms with Gasteiger partial charge < -0.3 is 20.1 Å². The van der Waals surface area contributed by atoms with E-state index in [1.807, 2.05) is 31.2 Å². The summed E-state index contributed by atoms with van der Waals surface area (Å²) in [4.78, 5) is 24.6. The van der Waals surface area contributed by atoms with E-state index in [0.29, 0.717) is 30.1 Å². The van der Waals surface area contributed by atoms with Gasteiger partial charge in [0.05, 0.1) is 0 Å². The fourth-order valence-electron chi connectivity index (χ4n) is 2.96. The molecule has 1 aliphatic heterocycles. The number of nitrogens with one attached hydrogen (secondary N) is 2. The minimum absolute atomic E-state index is 0.0875. The summed E-state index contributed by atoms with van der Waals surface area (Å²) in [6.07, 6.45) is 3.03. The Morgan fingerprint density at radius 2 is 1.89 bits per heavy atom. The molecule has 0 unspecified atom stereocenters. The highest BCUT2D eigenvalue weighted by atomic mass is 16.7. The molecule has 0 saturated heterocycles. The van der Waals surface area contributed by atoms with E-state index in [9.17, 15) is 9.59 Å². The van der Waals surface area contributed by atoms with Crippen LogP contribution in [0.5, 0.6) is 11.5 Å². The third-order valence-corrected chi connectivity index (χ3v) is 4.76. The van der Waals surface area contributed by atoms with E-state index in [1.54, 1.807) is 12.1 Å². The molecule has 2 N–H and O–H groups in total. The van der Waals surface area contributed by atoms with Crippen molar-refractivity contribution in [1.82, 2.24) is 5.32 Å². The van der Waals surface area contributed by atoms with Gasteiger partial charge in [-0.1, -0.05) is 12.1 Å². The zero-order valence-corrected chi connectivity index (χ0v) is 15.2. The molecule has 0 aromatic heterocycles. The normalized spacial score (nSPS) is 14.7. The second-order valence-electron chi connectivity index (χ2n) is 7.01. The number of fused-ring (bicyclic) bond motifs is 1. The molecular formula is C21H22N2O4. The first-order chi connectivity index (χ1) is 13.1. The molecule has 1 aliphatic carbocycles. The molecule has 1 heterocycles. The number of amides is 2. The van der Waals surface area contributed by atoms with Crippen LogP contribution >= 0.6 is 0 Å². The zero-order chi connectivity index (χ0) is 18.8. The second-order valence-corrected chi connectivity index (χ2v) is 7.01. The molecule has 1 fully saturated rings. The van der Waals surface area contributed by atoms with Gasteiger partial charge in [-0.25, -0.2) is 0 Å². The summed E-state index contributed by atoms with van der Waals surface area (Å²) in [7, 11) is 0. The number of ether oxygens (including phenoxy) is 2. The van der Waals surface area contributed by atoms with Crippen LogP contribution in [0.2, 0.25) is 0 Å². The number of rotatable bonds is 6. The molecule has 4 rings (SSSR count). The van der Waals surface area contributed by atoms with Crippen molar-refractivity contribution >= 4 is 17.5 Å². The Balaban J connectivity index is 1.36. The summed E-state index contributed by atoms with van der Waals surface area (Å²) >= 11 is 0. The number of hydrogen-bond donors (Lipinski definition) is 2. The molecule has 0 spiro atoms. The molecule has 0 radical (unpaired) electrons. The predicted octanol–water partition coefficient (Wildman–Crippen LogP) is 3.19. The molecular weight excluding hydrogens is 344 g/mol. The van der Waals surface area contributed by atoms with Gasteiger partial charge in [-0.2, -0.15) is 0 Å². The Morgan fingerprint density at radius 3 is 2.70 bits per heavy atom. The van der Waals surface area contributed by atoms with Crippen LogP contribution in [0.1, 0.15) is 40.7 Å². The Hall–Kier alpha value is -3.02. The van der Waals surface area contributed by atoms with Crippen LogP contribution in [0.25, 0.3) is 0 Å². The van der Waals surface area contributed by atoms with Gasteiger partial charge in [0.25, 0.3) is 5.91 Å². The van der Waals surface area contributed by atoms with E-state index in [4.69, 9.17) is 9.47 Å². The molecule has 0 atom stereocenters. The Labute approximate surface area is 157 Å². The summed E-state index contributed by atoms with van der Waals surface area (Å²) < 4.78 is 10.7. The van der Waals surface area contributed by atoms with Crippen molar-refractivity contribution in [2.45, 2.75) is 38.6 Å². The fraction of sp³-hybridized carbons (Fsp3) is 0.333. The first kappa shape index (κ1) is 17.4. The van der Waals surface area contributed by atoms with Gasteiger partial charge in [-0.15, -0.1) is 0 Å². The minimum Gasteiger partial charge on any atom is -0.454 e. The minimum atomic E-state index is -0.0895. The molecule has 1 saturated carbocycles. The van der Waals surface area contributed by atoms with Crippen LogP contribution in [-0.2, 0) is 11.2 Å². The SMILES string of the molecule is Cc1ccc(C(=O)NC2CC2)cc1NC(=O)CCc1ccc2c(c1)OCO2. The van der Waals surface area contributed by atoms with Crippen molar-refractivity contribution in [3.63, 3.8) is 0 Å². The molecule has 2 amide bonds. The second kappa shape index (κ2) is 7.31. The topological polar surface area (TPSA) is 76.7 Å². The van der Waals surface area contributed by atoms with E-state index in [-0.39, 0.29) is 18.6 Å². The number of hydrogen-bond acceptors (Lipinski definition) is 4. The smallest absolute Gasteiger partial charge is 0.251 e. The lowest BCUT2D eigenvalue weighted by atomic mass is 10.1. The van der Waals surface area contributed by atoms with E-state index in [1.165, 1.54) is 0 Å². The lowest BCUT2D eigenvalue weighted by Gasteiger charge is -2.11. The summed E-state index contributed by atoms with van der Waals surface area (Å²) in [5.74, 6) is 1.28. The number of anilines is 1. The lowest BCUT2D eigenvalue weighted by Crippen LogP contribution is -2.25. The average Bonchev–Trinajstić information content (AvgIpc) is 3.35. The highest BCUT2D eigenvalue weighted by molar-refractivity contribution is 5.98. The molecule has 140 valence electrons. The van der Waals surface area contributed by atoms with E-state index in [0.717, 1.165) is 35.5 Å². The molecule has 2 aromatic rings. The molecule has 2 aromatic carbocycles. The maximum Gasteiger partial charge on any atom is 0.251 e. The number of benzene rings is 2. The maximum absolute atomic E-state index is 12.4. The van der Waals surface area contributed by atoms with Crippen LogP contribution < -0.4 is 20.1 Å². The van der Waals surface area contributed by atoms with Crippen molar-refractivity contribution in [3.8, 4) is 11.5 Å². The molecule has 2 aliphatic rings. The van der Waals surface area contributed by atoms with Gasteiger partial charge in [-0.05, 0) is 61.6 Å². The van der Waals surface area contributed by atoms with Crippen LogP contribution in [-0.4, -0.2) is 24.6 Å². The van der Waals surface area contributed by atoms with E-state index >= 15 is 0 Å². The van der Waals surface area contributed by atoms with E-state index < -0.39 is 0 Å². The summed E-state index contributed by atoms with van der Waals surface area (Å²) in [6, 6.07) is 11.4. The van der Waals surface area contributed by atoms with Crippen molar-refractivity contribution in [1.29, 1.82) is 0 Å². The summed E-state index contributed by atoms with van der Waals surface area (Å²) in [6.45, 7) is 2.15.